The summed E-state index contributed by atoms with van der Waals surface area (Å²) in [4.78, 5) is 12.7. The van der Waals surface area contributed by atoms with E-state index in [9.17, 15) is 4.79 Å². The van der Waals surface area contributed by atoms with Crippen molar-refractivity contribution >= 4 is 11.6 Å². The second-order valence-corrected chi connectivity index (χ2v) is 6.54. The number of carbonyl (C=O) groups excluding carboxylic acids is 1. The number of methoxy groups -OCH3 is 1. The van der Waals surface area contributed by atoms with Gasteiger partial charge in [0, 0.05) is 16.8 Å². The van der Waals surface area contributed by atoms with Crippen LogP contribution in [0.3, 0.4) is 0 Å². The summed E-state index contributed by atoms with van der Waals surface area (Å²) in [6.07, 6.45) is 0. The molecule has 0 fully saturated rings. The molecule has 0 saturated carbocycles. The van der Waals surface area contributed by atoms with E-state index in [1.807, 2.05) is 62.4 Å². The number of rotatable bonds is 8. The van der Waals surface area contributed by atoms with Gasteiger partial charge in [-0.15, -0.1) is 0 Å². The van der Waals surface area contributed by atoms with Crippen LogP contribution in [0.25, 0.3) is 0 Å². The molecule has 0 bridgehead atoms. The lowest BCUT2D eigenvalue weighted by Gasteiger charge is -2.14. The molecule has 1 N–H and O–H groups in total. The van der Waals surface area contributed by atoms with Crippen molar-refractivity contribution in [1.29, 1.82) is 0 Å². The number of hydrogen-bond acceptors (Lipinski definition) is 4. The van der Waals surface area contributed by atoms with Gasteiger partial charge in [-0.05, 0) is 74.0 Å². The number of amides is 1. The second kappa shape index (κ2) is 9.64. The maximum Gasteiger partial charge on any atom is 0.255 e. The molecule has 0 unspecified atom stereocenters. The van der Waals surface area contributed by atoms with Crippen LogP contribution in [0.4, 0.5) is 5.69 Å². The maximum atomic E-state index is 12.7. The Balaban J connectivity index is 1.76. The minimum Gasteiger partial charge on any atom is -0.497 e. The largest absolute Gasteiger partial charge is 0.497 e. The van der Waals surface area contributed by atoms with Gasteiger partial charge >= 0.3 is 0 Å². The van der Waals surface area contributed by atoms with E-state index in [4.69, 9.17) is 14.2 Å². The Morgan fingerprint density at radius 3 is 2.38 bits per heavy atom. The quantitative estimate of drug-likeness (QED) is 0.571. The number of carbonyl (C=O) groups is 1. The Kier molecular flexibility index (Phi) is 6.74. The zero-order valence-corrected chi connectivity index (χ0v) is 16.9. The van der Waals surface area contributed by atoms with Crippen LogP contribution in [0, 0.1) is 6.92 Å². The van der Waals surface area contributed by atoms with E-state index in [2.05, 4.69) is 5.32 Å². The Morgan fingerprint density at radius 1 is 0.931 bits per heavy atom. The highest BCUT2D eigenvalue weighted by Crippen LogP contribution is 2.24. The van der Waals surface area contributed by atoms with Gasteiger partial charge in [-0.2, -0.15) is 0 Å². The van der Waals surface area contributed by atoms with Gasteiger partial charge in [0.1, 0.15) is 23.9 Å². The Morgan fingerprint density at radius 2 is 1.69 bits per heavy atom. The molecule has 0 radical (unpaired) electrons. The first-order valence-electron chi connectivity index (χ1n) is 9.49. The van der Waals surface area contributed by atoms with Crippen LogP contribution in [-0.2, 0) is 6.61 Å². The van der Waals surface area contributed by atoms with E-state index in [1.54, 1.807) is 25.3 Å². The van der Waals surface area contributed by atoms with E-state index in [0.717, 1.165) is 22.6 Å². The summed E-state index contributed by atoms with van der Waals surface area (Å²) in [5, 5.41) is 2.93. The van der Waals surface area contributed by atoms with Gasteiger partial charge in [0.25, 0.3) is 5.91 Å². The average Bonchev–Trinajstić information content (AvgIpc) is 2.73. The van der Waals surface area contributed by atoms with Gasteiger partial charge in [0.2, 0.25) is 0 Å². The van der Waals surface area contributed by atoms with E-state index in [1.165, 1.54) is 0 Å². The van der Waals surface area contributed by atoms with Crippen molar-refractivity contribution in [3.8, 4) is 17.2 Å². The standard InChI is InChI=1S/C24H25NO4/c1-4-28-23-13-8-18(24(26)25-20-7-5-6-17(2)14-20)15-19(23)16-29-22-11-9-21(27-3)10-12-22/h5-15H,4,16H2,1-3H3,(H,25,26). The molecule has 29 heavy (non-hydrogen) atoms. The van der Waals surface area contributed by atoms with E-state index >= 15 is 0 Å². The minimum absolute atomic E-state index is 0.177. The van der Waals surface area contributed by atoms with Crippen molar-refractivity contribution in [2.24, 2.45) is 0 Å². The molecule has 5 nitrogen and oxygen atoms in total. The lowest BCUT2D eigenvalue weighted by Crippen LogP contribution is -2.13. The summed E-state index contributed by atoms with van der Waals surface area (Å²) in [6, 6.07) is 20.4. The van der Waals surface area contributed by atoms with Crippen LogP contribution in [0.5, 0.6) is 17.2 Å². The smallest absolute Gasteiger partial charge is 0.255 e. The monoisotopic (exact) mass is 391 g/mol. The third kappa shape index (κ3) is 5.51. The highest BCUT2D eigenvalue weighted by molar-refractivity contribution is 6.04. The van der Waals surface area contributed by atoms with Crippen LogP contribution in [0.1, 0.15) is 28.4 Å². The Bertz CT molecular complexity index is 967. The SMILES string of the molecule is CCOc1ccc(C(=O)Nc2cccc(C)c2)cc1COc1ccc(OC)cc1. The van der Waals surface area contributed by atoms with Gasteiger partial charge in [-0.1, -0.05) is 12.1 Å². The van der Waals surface area contributed by atoms with Gasteiger partial charge < -0.3 is 19.5 Å². The molecule has 0 saturated heterocycles. The molecule has 1 amide bonds. The molecule has 150 valence electrons. The molecule has 3 aromatic carbocycles. The molecule has 0 aliphatic rings. The van der Waals surface area contributed by atoms with Crippen molar-refractivity contribution in [2.75, 3.05) is 19.0 Å². The van der Waals surface area contributed by atoms with Gasteiger partial charge in [-0.3, -0.25) is 4.79 Å². The maximum absolute atomic E-state index is 12.7. The number of nitrogens with one attached hydrogen (secondary N) is 1. The Hall–Kier alpha value is -3.47. The summed E-state index contributed by atoms with van der Waals surface area (Å²) in [6.45, 7) is 4.73. The molecule has 0 heterocycles. The zero-order chi connectivity index (χ0) is 20.6. The van der Waals surface area contributed by atoms with Gasteiger partial charge in [0.15, 0.2) is 0 Å². The van der Waals surface area contributed by atoms with Crippen molar-refractivity contribution in [3.63, 3.8) is 0 Å². The Labute approximate surface area is 171 Å². The number of hydrogen-bond donors (Lipinski definition) is 1. The van der Waals surface area contributed by atoms with Crippen molar-refractivity contribution in [2.45, 2.75) is 20.5 Å². The van der Waals surface area contributed by atoms with Gasteiger partial charge in [0.05, 0.1) is 13.7 Å². The molecule has 0 atom stereocenters. The first-order valence-corrected chi connectivity index (χ1v) is 9.49. The predicted octanol–water partition coefficient (Wildman–Crippen LogP) is 5.23. The summed E-state index contributed by atoms with van der Waals surface area (Å²) in [5.74, 6) is 2.00. The summed E-state index contributed by atoms with van der Waals surface area (Å²) in [5.41, 5.74) is 3.20. The molecule has 3 rings (SSSR count). The molecular formula is C24H25NO4. The number of aryl methyl sites for hydroxylation is 1. The van der Waals surface area contributed by atoms with Crippen molar-refractivity contribution in [3.05, 3.63) is 83.4 Å². The second-order valence-electron chi connectivity index (χ2n) is 6.54. The van der Waals surface area contributed by atoms with Crippen molar-refractivity contribution in [1.82, 2.24) is 0 Å². The average molecular weight is 391 g/mol. The van der Waals surface area contributed by atoms with E-state index < -0.39 is 0 Å². The van der Waals surface area contributed by atoms with E-state index in [-0.39, 0.29) is 12.5 Å². The van der Waals surface area contributed by atoms with Crippen LogP contribution in [0.15, 0.2) is 66.7 Å². The van der Waals surface area contributed by atoms with Crippen LogP contribution >= 0.6 is 0 Å². The molecule has 0 aliphatic carbocycles. The molecular weight excluding hydrogens is 366 g/mol. The summed E-state index contributed by atoms with van der Waals surface area (Å²) < 4.78 is 16.7. The highest BCUT2D eigenvalue weighted by atomic mass is 16.5. The molecule has 0 aliphatic heterocycles. The van der Waals surface area contributed by atoms with Gasteiger partial charge in [-0.25, -0.2) is 0 Å². The number of ether oxygens (including phenoxy) is 3. The van der Waals surface area contributed by atoms with Crippen molar-refractivity contribution < 1.29 is 19.0 Å². The highest BCUT2D eigenvalue weighted by Gasteiger charge is 2.12. The predicted molar refractivity (Wildman–Crippen MR) is 114 cm³/mol. The number of benzene rings is 3. The zero-order valence-electron chi connectivity index (χ0n) is 16.9. The third-order valence-corrected chi connectivity index (χ3v) is 4.35. The molecule has 0 aromatic heterocycles. The first-order chi connectivity index (χ1) is 14.1. The summed E-state index contributed by atoms with van der Waals surface area (Å²) in [7, 11) is 1.62. The van der Waals surface area contributed by atoms with E-state index in [0.29, 0.717) is 23.7 Å². The fourth-order valence-electron chi connectivity index (χ4n) is 2.89. The third-order valence-electron chi connectivity index (χ3n) is 4.35. The summed E-state index contributed by atoms with van der Waals surface area (Å²) >= 11 is 0. The fraction of sp³-hybridized carbons (Fsp3) is 0.208. The number of anilines is 1. The first kappa shape index (κ1) is 20.3. The van der Waals surface area contributed by atoms with Crippen LogP contribution in [-0.4, -0.2) is 19.6 Å². The molecule has 0 spiro atoms. The minimum atomic E-state index is -0.177. The van der Waals surface area contributed by atoms with Crippen LogP contribution in [0.2, 0.25) is 0 Å². The van der Waals surface area contributed by atoms with Crippen LogP contribution < -0.4 is 19.5 Å². The normalized spacial score (nSPS) is 10.3. The topological polar surface area (TPSA) is 56.8 Å². The molecule has 3 aromatic rings. The fourth-order valence-corrected chi connectivity index (χ4v) is 2.89. The lowest BCUT2D eigenvalue weighted by atomic mass is 10.1. The molecule has 5 heteroatoms. The lowest BCUT2D eigenvalue weighted by molar-refractivity contribution is 0.102.